The predicted molar refractivity (Wildman–Crippen MR) is 65.0 cm³/mol. The van der Waals surface area contributed by atoms with Crippen LogP contribution in [-0.2, 0) is 4.74 Å². The molecule has 0 amide bonds. The standard InChI is InChI=1S/C13H21NO/c1-11(2)9-13(14-3)15-10-12-7-5-4-6-8-12/h9,12H,1,3-8,10H2,2H3/b13-9+. The Balaban J connectivity index is 2.33. The molecule has 0 aliphatic heterocycles. The normalized spacial score (nSPS) is 18.6. The Kier molecular flexibility index (Phi) is 5.16. The van der Waals surface area contributed by atoms with Gasteiger partial charge in [-0.25, -0.2) is 4.99 Å². The lowest BCUT2D eigenvalue weighted by Crippen LogP contribution is -2.12. The maximum Gasteiger partial charge on any atom is 0.212 e. The average Bonchev–Trinajstić information content (AvgIpc) is 2.25. The molecule has 84 valence electrons. The molecular formula is C13H21NO. The maximum atomic E-state index is 5.61. The lowest BCUT2D eigenvalue weighted by molar-refractivity contribution is 0.141. The Bertz CT molecular complexity index is 249. The predicted octanol–water partition coefficient (Wildman–Crippen LogP) is 3.70. The lowest BCUT2D eigenvalue weighted by Gasteiger charge is -2.21. The summed E-state index contributed by atoms with van der Waals surface area (Å²) in [5.41, 5.74) is 0.945. The summed E-state index contributed by atoms with van der Waals surface area (Å²) < 4.78 is 5.61. The van der Waals surface area contributed by atoms with Gasteiger partial charge in [0, 0.05) is 6.08 Å². The molecule has 0 unspecified atom stereocenters. The van der Waals surface area contributed by atoms with Gasteiger partial charge < -0.3 is 4.74 Å². The summed E-state index contributed by atoms with van der Waals surface area (Å²) in [6.07, 6.45) is 8.47. The van der Waals surface area contributed by atoms with Crippen molar-refractivity contribution in [2.24, 2.45) is 10.9 Å². The first-order valence-corrected chi connectivity index (χ1v) is 5.69. The minimum atomic E-state index is 0.605. The van der Waals surface area contributed by atoms with Gasteiger partial charge in [-0.2, -0.15) is 0 Å². The molecule has 0 heterocycles. The van der Waals surface area contributed by atoms with E-state index in [0.717, 1.165) is 12.2 Å². The van der Waals surface area contributed by atoms with Crippen molar-refractivity contribution in [2.75, 3.05) is 6.61 Å². The molecule has 1 aliphatic rings. The highest BCUT2D eigenvalue weighted by Gasteiger charge is 2.14. The Morgan fingerprint density at radius 2 is 2.07 bits per heavy atom. The van der Waals surface area contributed by atoms with Gasteiger partial charge in [0.1, 0.15) is 0 Å². The SMILES string of the molecule is C=N/C(=C\C(=C)C)OCC1CCCCC1. The van der Waals surface area contributed by atoms with E-state index in [1.807, 2.05) is 13.0 Å². The van der Waals surface area contributed by atoms with Gasteiger partial charge in [-0.05, 0) is 32.4 Å². The molecule has 1 fully saturated rings. The molecule has 2 nitrogen and oxygen atoms in total. The van der Waals surface area contributed by atoms with Crippen molar-refractivity contribution in [1.29, 1.82) is 0 Å². The second-order valence-electron chi connectivity index (χ2n) is 4.30. The molecule has 1 aliphatic carbocycles. The molecule has 0 atom stereocenters. The Morgan fingerprint density at radius 3 is 2.60 bits per heavy atom. The third-order valence-corrected chi connectivity index (χ3v) is 2.72. The molecule has 0 saturated heterocycles. The second-order valence-corrected chi connectivity index (χ2v) is 4.30. The van der Waals surface area contributed by atoms with Crippen LogP contribution < -0.4 is 0 Å². The van der Waals surface area contributed by atoms with Crippen LogP contribution in [0.3, 0.4) is 0 Å². The molecule has 0 aromatic carbocycles. The molecule has 0 N–H and O–H groups in total. The Hall–Kier alpha value is -1.05. The molecule has 0 radical (unpaired) electrons. The molecule has 2 heteroatoms. The number of hydrogen-bond donors (Lipinski definition) is 0. The van der Waals surface area contributed by atoms with Gasteiger partial charge in [-0.3, -0.25) is 0 Å². The zero-order chi connectivity index (χ0) is 11.1. The zero-order valence-electron chi connectivity index (χ0n) is 9.67. The van der Waals surface area contributed by atoms with Crippen molar-refractivity contribution < 1.29 is 4.74 Å². The third kappa shape index (κ3) is 4.82. The lowest BCUT2D eigenvalue weighted by atomic mass is 9.90. The van der Waals surface area contributed by atoms with E-state index < -0.39 is 0 Å². The summed E-state index contributed by atoms with van der Waals surface area (Å²) in [6.45, 7) is 9.99. The molecule has 0 spiro atoms. The van der Waals surface area contributed by atoms with Crippen LogP contribution in [0.4, 0.5) is 0 Å². The van der Waals surface area contributed by atoms with Crippen molar-refractivity contribution in [3.05, 3.63) is 24.1 Å². The van der Waals surface area contributed by atoms with Crippen LogP contribution in [0.1, 0.15) is 39.0 Å². The van der Waals surface area contributed by atoms with Crippen molar-refractivity contribution in [2.45, 2.75) is 39.0 Å². The van der Waals surface area contributed by atoms with E-state index in [-0.39, 0.29) is 0 Å². The zero-order valence-corrected chi connectivity index (χ0v) is 9.67. The van der Waals surface area contributed by atoms with Gasteiger partial charge in [0.25, 0.3) is 0 Å². The van der Waals surface area contributed by atoms with E-state index in [4.69, 9.17) is 4.74 Å². The van der Waals surface area contributed by atoms with Crippen LogP contribution >= 0.6 is 0 Å². The highest BCUT2D eigenvalue weighted by molar-refractivity contribution is 5.29. The smallest absolute Gasteiger partial charge is 0.212 e. The molecule has 15 heavy (non-hydrogen) atoms. The third-order valence-electron chi connectivity index (χ3n) is 2.72. The quantitative estimate of drug-likeness (QED) is 0.382. The number of rotatable bonds is 5. The van der Waals surface area contributed by atoms with E-state index in [2.05, 4.69) is 18.3 Å². The second kappa shape index (κ2) is 6.44. The molecular weight excluding hydrogens is 186 g/mol. The van der Waals surface area contributed by atoms with Gasteiger partial charge in [0.2, 0.25) is 5.88 Å². The van der Waals surface area contributed by atoms with Crippen LogP contribution in [0.25, 0.3) is 0 Å². The molecule has 1 saturated carbocycles. The van der Waals surface area contributed by atoms with Crippen LogP contribution in [0.5, 0.6) is 0 Å². The monoisotopic (exact) mass is 207 g/mol. The van der Waals surface area contributed by atoms with Gasteiger partial charge in [0.15, 0.2) is 0 Å². The first-order valence-electron chi connectivity index (χ1n) is 5.69. The summed E-state index contributed by atoms with van der Waals surface area (Å²) in [5.74, 6) is 1.31. The van der Waals surface area contributed by atoms with Crippen LogP contribution in [0.2, 0.25) is 0 Å². The van der Waals surface area contributed by atoms with Crippen molar-refractivity contribution in [1.82, 2.24) is 0 Å². The molecule has 1 rings (SSSR count). The summed E-state index contributed by atoms with van der Waals surface area (Å²) >= 11 is 0. The highest BCUT2D eigenvalue weighted by Crippen LogP contribution is 2.24. The number of allylic oxidation sites excluding steroid dienone is 2. The van der Waals surface area contributed by atoms with Crippen molar-refractivity contribution in [3.8, 4) is 0 Å². The van der Waals surface area contributed by atoms with Gasteiger partial charge in [0.05, 0.1) is 6.61 Å². The largest absolute Gasteiger partial charge is 0.477 e. The van der Waals surface area contributed by atoms with Crippen LogP contribution in [-0.4, -0.2) is 13.3 Å². The van der Waals surface area contributed by atoms with E-state index in [9.17, 15) is 0 Å². The van der Waals surface area contributed by atoms with Crippen LogP contribution in [0, 0.1) is 5.92 Å². The minimum absolute atomic E-state index is 0.605. The Labute approximate surface area is 92.7 Å². The first-order chi connectivity index (χ1) is 7.22. The van der Waals surface area contributed by atoms with Crippen LogP contribution in [0.15, 0.2) is 29.1 Å². The van der Waals surface area contributed by atoms with Gasteiger partial charge >= 0.3 is 0 Å². The highest BCUT2D eigenvalue weighted by atomic mass is 16.5. The number of aliphatic imine (C=N–C) groups is 1. The molecule has 0 bridgehead atoms. The van der Waals surface area contributed by atoms with E-state index in [1.165, 1.54) is 32.1 Å². The number of hydrogen-bond acceptors (Lipinski definition) is 2. The minimum Gasteiger partial charge on any atom is -0.477 e. The van der Waals surface area contributed by atoms with E-state index in [1.54, 1.807) is 0 Å². The van der Waals surface area contributed by atoms with E-state index in [0.29, 0.717) is 11.8 Å². The summed E-state index contributed by atoms with van der Waals surface area (Å²) in [4.78, 5) is 3.84. The summed E-state index contributed by atoms with van der Waals surface area (Å²) in [5, 5.41) is 0. The van der Waals surface area contributed by atoms with Crippen molar-refractivity contribution >= 4 is 6.72 Å². The first kappa shape index (κ1) is 12.0. The maximum absolute atomic E-state index is 5.61. The average molecular weight is 207 g/mol. The number of ether oxygens (including phenoxy) is 1. The molecule has 0 aromatic heterocycles. The van der Waals surface area contributed by atoms with Gasteiger partial charge in [-0.1, -0.05) is 31.4 Å². The fraction of sp³-hybridized carbons (Fsp3) is 0.615. The fourth-order valence-corrected chi connectivity index (χ4v) is 1.90. The van der Waals surface area contributed by atoms with E-state index >= 15 is 0 Å². The van der Waals surface area contributed by atoms with Crippen molar-refractivity contribution in [3.63, 3.8) is 0 Å². The Morgan fingerprint density at radius 1 is 1.40 bits per heavy atom. The molecule has 0 aromatic rings. The number of nitrogens with zero attached hydrogens (tertiary/aromatic N) is 1. The van der Waals surface area contributed by atoms with Gasteiger partial charge in [-0.15, -0.1) is 0 Å². The topological polar surface area (TPSA) is 21.6 Å². The summed E-state index contributed by atoms with van der Waals surface area (Å²) in [7, 11) is 0. The summed E-state index contributed by atoms with van der Waals surface area (Å²) in [6, 6.07) is 0. The fourth-order valence-electron chi connectivity index (χ4n) is 1.90.